The number of hydrogen-bond donors (Lipinski definition) is 2. The summed E-state index contributed by atoms with van der Waals surface area (Å²) in [5, 5.41) is 6.06. The predicted octanol–water partition coefficient (Wildman–Crippen LogP) is 4.10. The fourth-order valence-electron chi connectivity index (χ4n) is 7.60. The number of fused-ring (bicyclic) bond motifs is 4. The van der Waals surface area contributed by atoms with Crippen molar-refractivity contribution in [2.24, 2.45) is 0 Å². The second kappa shape index (κ2) is 11.9. The van der Waals surface area contributed by atoms with E-state index in [-0.39, 0.29) is 29.7 Å². The van der Waals surface area contributed by atoms with Crippen molar-refractivity contribution in [3.8, 4) is 0 Å². The number of rotatable bonds is 1. The van der Waals surface area contributed by atoms with Crippen LogP contribution in [0.2, 0.25) is 0 Å². The molecular weight excluding hydrogens is 564 g/mol. The molecule has 1 fully saturated rings. The highest BCUT2D eigenvalue weighted by atomic mass is 16.2. The van der Waals surface area contributed by atoms with Crippen LogP contribution in [0.25, 0.3) is 6.08 Å². The van der Waals surface area contributed by atoms with Gasteiger partial charge in [-0.2, -0.15) is 0 Å². The molecule has 1 aromatic carbocycles. The van der Waals surface area contributed by atoms with E-state index < -0.39 is 11.5 Å². The van der Waals surface area contributed by atoms with Crippen LogP contribution in [0.1, 0.15) is 76.8 Å². The van der Waals surface area contributed by atoms with E-state index in [0.29, 0.717) is 37.2 Å². The zero-order valence-electron chi connectivity index (χ0n) is 26.0. The van der Waals surface area contributed by atoms with E-state index in [1.807, 2.05) is 29.2 Å². The summed E-state index contributed by atoms with van der Waals surface area (Å²) in [5.41, 5.74) is 4.33. The van der Waals surface area contributed by atoms with Crippen LogP contribution in [0.5, 0.6) is 0 Å². The van der Waals surface area contributed by atoms with Crippen LogP contribution in [0.3, 0.4) is 0 Å². The molecule has 3 aliphatic heterocycles. The molecule has 2 N–H and O–H groups in total. The molecule has 7 rings (SSSR count). The predicted molar refractivity (Wildman–Crippen MR) is 173 cm³/mol. The molecule has 9 nitrogen and oxygen atoms in total. The zero-order valence-corrected chi connectivity index (χ0v) is 26.0. The molecule has 1 spiro atoms. The summed E-state index contributed by atoms with van der Waals surface area (Å²) >= 11 is 0. The number of nitrogens with one attached hydrogen (secondary N) is 2. The minimum absolute atomic E-state index is 0.00373. The Bertz CT molecular complexity index is 1670. The van der Waals surface area contributed by atoms with Crippen molar-refractivity contribution in [1.82, 2.24) is 25.1 Å². The average molecular weight is 605 g/mol. The molecule has 1 aliphatic carbocycles. The lowest BCUT2D eigenvalue weighted by atomic mass is 9.79. The standard InChI is InChI=1S/C36H40N6O3/c1-23-28(25-11-7-5-8-12-25)18-30-34(44)42(23)15-14-41(2)13-9-4-3-6-10-24-16-29-32(38-21-24)40-35(45)36(29)19-26-17-27(33(43)39-30)22-37-31(26)20-36/h5-8,10-12,16-17,21-23,28,30H,3-4,9,13-15,18-20H2,1-2H3,(H,39,43)(H,38,40,45)/b10-6-/t23?,28?,30?,36-/m0/s1. The minimum atomic E-state index is -0.795. The number of benzene rings is 1. The molecule has 5 heterocycles. The molecule has 2 aromatic heterocycles. The highest BCUT2D eigenvalue weighted by Crippen LogP contribution is 2.46. The Morgan fingerprint density at radius 2 is 1.80 bits per heavy atom. The number of aromatic nitrogens is 2. The van der Waals surface area contributed by atoms with Crippen LogP contribution in [0, 0.1) is 0 Å². The second-order valence-corrected chi connectivity index (χ2v) is 13.1. The summed E-state index contributed by atoms with van der Waals surface area (Å²) in [6, 6.07) is 13.6. The summed E-state index contributed by atoms with van der Waals surface area (Å²) in [6.07, 6.45) is 12.1. The summed E-state index contributed by atoms with van der Waals surface area (Å²) < 4.78 is 0. The lowest BCUT2D eigenvalue weighted by Gasteiger charge is -2.43. The van der Waals surface area contributed by atoms with Crippen molar-refractivity contribution in [3.05, 3.63) is 94.4 Å². The lowest BCUT2D eigenvalue weighted by molar-refractivity contribution is -0.139. The first-order valence-corrected chi connectivity index (χ1v) is 16.1. The summed E-state index contributed by atoms with van der Waals surface area (Å²) in [7, 11) is 2.11. The Labute approximate surface area is 264 Å². The van der Waals surface area contributed by atoms with Gasteiger partial charge in [-0.05, 0) is 81.4 Å². The van der Waals surface area contributed by atoms with E-state index in [1.165, 1.54) is 5.56 Å². The molecule has 45 heavy (non-hydrogen) atoms. The van der Waals surface area contributed by atoms with E-state index in [0.717, 1.165) is 54.7 Å². The summed E-state index contributed by atoms with van der Waals surface area (Å²) in [4.78, 5) is 54.6. The monoisotopic (exact) mass is 604 g/mol. The van der Waals surface area contributed by atoms with Crippen LogP contribution in [-0.4, -0.2) is 76.3 Å². The third kappa shape index (κ3) is 5.43. The first kappa shape index (κ1) is 29.3. The number of anilines is 1. The van der Waals surface area contributed by atoms with Gasteiger partial charge in [-0.25, -0.2) is 4.98 Å². The molecule has 232 valence electrons. The van der Waals surface area contributed by atoms with Crippen LogP contribution in [-0.2, 0) is 27.8 Å². The number of pyridine rings is 2. The fourth-order valence-corrected chi connectivity index (χ4v) is 7.60. The van der Waals surface area contributed by atoms with Gasteiger partial charge in [-0.1, -0.05) is 42.5 Å². The average Bonchev–Trinajstić information content (AvgIpc) is 3.56. The number of nitrogens with zero attached hydrogens (tertiary/aromatic N) is 4. The van der Waals surface area contributed by atoms with Gasteiger partial charge in [0.25, 0.3) is 5.91 Å². The maximum absolute atomic E-state index is 13.9. The number of hydrogen-bond acceptors (Lipinski definition) is 6. The Morgan fingerprint density at radius 3 is 2.64 bits per heavy atom. The first-order valence-electron chi connectivity index (χ1n) is 16.1. The number of carbonyl (C=O) groups is 3. The number of allylic oxidation sites excluding steroid dienone is 1. The van der Waals surface area contributed by atoms with E-state index in [4.69, 9.17) is 0 Å². The van der Waals surface area contributed by atoms with Gasteiger partial charge >= 0.3 is 0 Å². The number of amides is 3. The molecule has 4 atom stereocenters. The maximum Gasteiger partial charge on any atom is 0.253 e. The van der Waals surface area contributed by atoms with Crippen molar-refractivity contribution >= 4 is 29.6 Å². The van der Waals surface area contributed by atoms with E-state index in [2.05, 4.69) is 69.8 Å². The molecule has 4 aliphatic rings. The Morgan fingerprint density at radius 1 is 0.956 bits per heavy atom. The lowest BCUT2D eigenvalue weighted by Crippen LogP contribution is -2.59. The smallest absolute Gasteiger partial charge is 0.253 e. The van der Waals surface area contributed by atoms with Gasteiger partial charge in [-0.3, -0.25) is 19.4 Å². The van der Waals surface area contributed by atoms with Crippen molar-refractivity contribution in [3.63, 3.8) is 0 Å². The number of carbonyl (C=O) groups excluding carboxylic acids is 3. The summed E-state index contributed by atoms with van der Waals surface area (Å²) in [5.74, 6) is 0.245. The Balaban J connectivity index is 1.22. The van der Waals surface area contributed by atoms with Gasteiger partial charge in [0.15, 0.2) is 0 Å². The minimum Gasteiger partial charge on any atom is -0.340 e. The van der Waals surface area contributed by atoms with Crippen LogP contribution in [0.4, 0.5) is 5.82 Å². The normalized spacial score (nSPS) is 27.8. The van der Waals surface area contributed by atoms with Crippen LogP contribution >= 0.6 is 0 Å². The SMILES string of the molecule is CC1C(c2ccccc2)CC2NC(=O)c3cnc4c(c3)C[C@@]3(C4)C(=O)Nc4ncc(cc43)/C=C\CCCCN(C)CCN1C2=O. The van der Waals surface area contributed by atoms with Crippen molar-refractivity contribution in [2.75, 3.05) is 32.0 Å². The molecule has 7 bridgehead atoms. The first-order chi connectivity index (χ1) is 21.8. The van der Waals surface area contributed by atoms with Crippen LogP contribution < -0.4 is 10.6 Å². The van der Waals surface area contributed by atoms with Gasteiger partial charge in [0.2, 0.25) is 11.8 Å². The largest absolute Gasteiger partial charge is 0.340 e. The van der Waals surface area contributed by atoms with E-state index in [9.17, 15) is 14.4 Å². The highest BCUT2D eigenvalue weighted by molar-refractivity contribution is 6.06. The molecule has 3 amide bonds. The molecule has 0 radical (unpaired) electrons. The molecular formula is C36H40N6O3. The van der Waals surface area contributed by atoms with Gasteiger partial charge < -0.3 is 20.4 Å². The Kier molecular flexibility index (Phi) is 7.73. The second-order valence-electron chi connectivity index (χ2n) is 13.1. The van der Waals surface area contributed by atoms with Gasteiger partial charge in [0, 0.05) is 55.1 Å². The van der Waals surface area contributed by atoms with Gasteiger partial charge in [0.1, 0.15) is 11.9 Å². The molecule has 3 unspecified atom stereocenters. The van der Waals surface area contributed by atoms with E-state index in [1.54, 1.807) is 12.4 Å². The topological polar surface area (TPSA) is 108 Å². The third-order valence-corrected chi connectivity index (χ3v) is 10.2. The van der Waals surface area contributed by atoms with Crippen molar-refractivity contribution < 1.29 is 14.4 Å². The van der Waals surface area contributed by atoms with Gasteiger partial charge in [-0.15, -0.1) is 0 Å². The molecule has 9 heteroatoms. The van der Waals surface area contributed by atoms with Crippen molar-refractivity contribution in [1.29, 1.82) is 0 Å². The van der Waals surface area contributed by atoms with E-state index >= 15 is 0 Å². The zero-order chi connectivity index (χ0) is 31.1. The fraction of sp³-hybridized carbons (Fsp3) is 0.417. The molecule has 0 saturated carbocycles. The Hall–Kier alpha value is -4.37. The van der Waals surface area contributed by atoms with Crippen LogP contribution in [0.15, 0.2) is 60.9 Å². The highest BCUT2D eigenvalue weighted by Gasteiger charge is 2.52. The quantitative estimate of drug-likeness (QED) is 0.433. The van der Waals surface area contributed by atoms with Crippen molar-refractivity contribution in [2.45, 2.75) is 68.9 Å². The number of piperidine rings is 1. The summed E-state index contributed by atoms with van der Waals surface area (Å²) in [6.45, 7) is 4.42. The number of likely N-dealkylation sites (N-methyl/N-ethyl adjacent to an activating group) is 1. The third-order valence-electron chi connectivity index (χ3n) is 10.2. The molecule has 3 aromatic rings. The van der Waals surface area contributed by atoms with Gasteiger partial charge in [0.05, 0.1) is 11.0 Å². The molecule has 1 saturated heterocycles. The maximum atomic E-state index is 13.9.